The molecule has 5 aliphatic rings. The van der Waals surface area contributed by atoms with Crippen LogP contribution in [0.2, 0.25) is 10.0 Å². The molecular weight excluding hydrogens is 943 g/mol. The number of nitrogens with one attached hydrogen (secondary N) is 5. The Kier molecular flexibility index (Phi) is 15.0. The second-order valence-corrected chi connectivity index (χ2v) is 19.3. The summed E-state index contributed by atoms with van der Waals surface area (Å²) in [7, 11) is 0. The fourth-order valence-corrected chi connectivity index (χ4v) is 11.6. The van der Waals surface area contributed by atoms with Crippen LogP contribution >= 0.6 is 23.2 Å². The van der Waals surface area contributed by atoms with Gasteiger partial charge in [0.15, 0.2) is 0 Å². The molecule has 0 radical (unpaired) electrons. The number of aryl methyl sites for hydroxylation is 1. The number of hydrogen-bond donors (Lipinski definition) is 5. The molecule has 15 nitrogen and oxygen atoms in total. The van der Waals surface area contributed by atoms with Gasteiger partial charge in [-0.3, -0.25) is 39.4 Å². The smallest absolute Gasteiger partial charge is 0.255 e. The Hall–Kier alpha value is -5.75. The monoisotopic (exact) mass is 996 g/mol. The molecule has 4 atom stereocenters. The molecule has 2 saturated heterocycles. The lowest BCUT2D eigenvalue weighted by Gasteiger charge is -2.47. The number of carbonyl (C=O) groups is 6. The highest BCUT2D eigenvalue weighted by Gasteiger charge is 2.72. The van der Waals surface area contributed by atoms with Crippen molar-refractivity contribution in [2.24, 2.45) is 0 Å². The Morgan fingerprint density at radius 3 is 2.31 bits per heavy atom. The average Bonchev–Trinajstić information content (AvgIpc) is 3.95. The molecule has 1 aliphatic carbocycles. The third-order valence-electron chi connectivity index (χ3n) is 14.4. The zero-order chi connectivity index (χ0) is 49.0. The minimum atomic E-state index is -1.36. The van der Waals surface area contributed by atoms with Gasteiger partial charge in [-0.15, -0.1) is 0 Å². The number of nitrogens with zero attached hydrogens (tertiary/aromatic N) is 1. The number of fused-ring (bicyclic) bond motifs is 4. The Morgan fingerprint density at radius 2 is 1.56 bits per heavy atom. The maximum absolute atomic E-state index is 16.2. The van der Waals surface area contributed by atoms with E-state index in [0.717, 1.165) is 36.8 Å². The molecule has 5 N–H and O–H groups in total. The van der Waals surface area contributed by atoms with Crippen molar-refractivity contribution in [2.75, 3.05) is 56.8 Å². The molecule has 0 bridgehead atoms. The van der Waals surface area contributed by atoms with E-state index < -0.39 is 46.6 Å². The van der Waals surface area contributed by atoms with Gasteiger partial charge in [-0.1, -0.05) is 72.8 Å². The summed E-state index contributed by atoms with van der Waals surface area (Å²) in [6, 6.07) is 20.3. The van der Waals surface area contributed by atoms with Crippen molar-refractivity contribution in [1.29, 1.82) is 0 Å². The number of rotatable bonds is 18. The molecule has 70 heavy (non-hydrogen) atoms. The lowest BCUT2D eigenvalue weighted by molar-refractivity contribution is -0.137. The number of imide groups is 1. The number of benzene rings is 4. The number of amides is 6. The first-order valence-electron chi connectivity index (χ1n) is 23.9. The Morgan fingerprint density at radius 1 is 0.829 bits per heavy atom. The van der Waals surface area contributed by atoms with Crippen LogP contribution in [-0.2, 0) is 51.8 Å². The third-order valence-corrected chi connectivity index (χ3v) is 14.9. The van der Waals surface area contributed by atoms with Crippen molar-refractivity contribution < 1.29 is 47.4 Å². The molecule has 0 aromatic heterocycles. The van der Waals surface area contributed by atoms with Gasteiger partial charge in [0.2, 0.25) is 23.6 Å². The summed E-state index contributed by atoms with van der Waals surface area (Å²) in [5, 5.41) is 15.1. The zero-order valence-corrected chi connectivity index (χ0v) is 40.0. The summed E-state index contributed by atoms with van der Waals surface area (Å²) >= 11 is 12.8. The molecule has 1 unspecified atom stereocenters. The molecule has 4 aliphatic heterocycles. The molecule has 3 fully saturated rings. The van der Waals surface area contributed by atoms with E-state index in [2.05, 4.69) is 26.6 Å². The van der Waals surface area contributed by atoms with Gasteiger partial charge in [0.25, 0.3) is 11.8 Å². The fraction of sp³-hybridized carbons (Fsp3) is 0.423. The molecule has 4 aromatic carbocycles. The molecular formula is C52H55Cl2FN6O9. The molecule has 368 valence electrons. The SMILES string of the molecule is O=C1CCC(N2Cc3c(CCCOCCOCCOCCNC(=O)c4ccc(NC(=O)[C@@H]5NC6(CCCCC6)[C@@]6(C(=O)Nc7cc(Cl)ccc76)[C@H]5c5cccc(Cl)c5F)cc4)cccc3C2=O)C(=O)N1. The van der Waals surface area contributed by atoms with Crippen LogP contribution in [0.1, 0.15) is 100 Å². The van der Waals surface area contributed by atoms with Crippen LogP contribution in [0.25, 0.3) is 0 Å². The lowest BCUT2D eigenvalue weighted by Crippen LogP contribution is -2.60. The number of piperidine rings is 1. The van der Waals surface area contributed by atoms with E-state index in [4.69, 9.17) is 37.4 Å². The quantitative estimate of drug-likeness (QED) is 0.0537. The van der Waals surface area contributed by atoms with E-state index in [1.807, 2.05) is 18.2 Å². The van der Waals surface area contributed by atoms with Gasteiger partial charge in [-0.05, 0) is 103 Å². The summed E-state index contributed by atoms with van der Waals surface area (Å²) in [6.45, 7) is 2.83. The highest BCUT2D eigenvalue weighted by Crippen LogP contribution is 2.63. The minimum Gasteiger partial charge on any atom is -0.379 e. The zero-order valence-electron chi connectivity index (χ0n) is 38.5. The number of halogens is 3. The molecule has 18 heteroatoms. The summed E-state index contributed by atoms with van der Waals surface area (Å²) in [5.74, 6) is -3.70. The van der Waals surface area contributed by atoms with E-state index in [9.17, 15) is 28.8 Å². The van der Waals surface area contributed by atoms with Crippen molar-refractivity contribution in [1.82, 2.24) is 20.9 Å². The number of ether oxygens (including phenoxy) is 3. The van der Waals surface area contributed by atoms with E-state index >= 15 is 4.39 Å². The molecule has 2 spiro atoms. The number of carbonyl (C=O) groups excluding carboxylic acids is 6. The Bertz CT molecular complexity index is 2680. The van der Waals surface area contributed by atoms with Crippen molar-refractivity contribution in [2.45, 2.75) is 93.3 Å². The normalized spacial score (nSPS) is 22.3. The van der Waals surface area contributed by atoms with Crippen LogP contribution in [0.4, 0.5) is 15.8 Å². The highest BCUT2D eigenvalue weighted by molar-refractivity contribution is 6.31. The summed E-state index contributed by atoms with van der Waals surface area (Å²) < 4.78 is 33.2. The molecule has 4 heterocycles. The summed E-state index contributed by atoms with van der Waals surface area (Å²) in [6.07, 6.45) is 5.77. The van der Waals surface area contributed by atoms with Crippen molar-refractivity contribution in [3.63, 3.8) is 0 Å². The van der Waals surface area contributed by atoms with E-state index in [-0.39, 0.29) is 53.8 Å². The molecule has 9 rings (SSSR count). The van der Waals surface area contributed by atoms with Crippen LogP contribution in [0, 0.1) is 5.82 Å². The minimum absolute atomic E-state index is 0.110. The van der Waals surface area contributed by atoms with Crippen molar-refractivity contribution in [3.05, 3.63) is 128 Å². The third kappa shape index (κ3) is 9.57. The van der Waals surface area contributed by atoms with Gasteiger partial charge < -0.3 is 35.1 Å². The predicted octanol–water partition coefficient (Wildman–Crippen LogP) is 6.59. The Balaban J connectivity index is 0.703. The first-order valence-corrected chi connectivity index (χ1v) is 24.7. The highest BCUT2D eigenvalue weighted by atomic mass is 35.5. The largest absolute Gasteiger partial charge is 0.379 e. The standard InChI is InChI=1S/C52H55Cl2FN6O9/c53-33-14-17-38-40(29-33)58-50(67)52(38)43(36-10-5-11-39(54)44(36)55)45(60-51(52)20-2-1-3-21-51)48(65)57-34-15-12-32(13-16-34)46(63)56-22-24-69-26-28-70-27-25-68-23-6-8-31-7-4-9-35-37(31)30-61(49(35)66)41-18-19-42(62)59-47(41)64/h4-5,7,9-17,29,41,43,45,60H,1-3,6,8,18-28,30H2,(H,56,63)(H,57,65)(H,58,67)(H,59,62,64)/t41?,43-,45+,52+/m0/s1. The van der Waals surface area contributed by atoms with Gasteiger partial charge in [0, 0.05) is 65.1 Å². The van der Waals surface area contributed by atoms with Gasteiger partial charge in [-0.2, -0.15) is 0 Å². The van der Waals surface area contributed by atoms with Crippen LogP contribution in [-0.4, -0.2) is 104 Å². The maximum Gasteiger partial charge on any atom is 0.255 e. The second kappa shape index (κ2) is 21.3. The maximum atomic E-state index is 16.2. The van der Waals surface area contributed by atoms with E-state index in [1.165, 1.54) is 6.07 Å². The van der Waals surface area contributed by atoms with Crippen LogP contribution in [0.15, 0.2) is 78.9 Å². The van der Waals surface area contributed by atoms with Gasteiger partial charge in [0.05, 0.1) is 44.1 Å². The van der Waals surface area contributed by atoms with Crippen molar-refractivity contribution >= 4 is 70.0 Å². The Labute approximate surface area is 414 Å². The lowest BCUT2D eigenvalue weighted by atomic mass is 9.55. The fourth-order valence-electron chi connectivity index (χ4n) is 11.3. The van der Waals surface area contributed by atoms with E-state index in [1.54, 1.807) is 59.5 Å². The second-order valence-electron chi connectivity index (χ2n) is 18.4. The van der Waals surface area contributed by atoms with Gasteiger partial charge in [0.1, 0.15) is 17.3 Å². The van der Waals surface area contributed by atoms with Gasteiger partial charge >= 0.3 is 0 Å². The van der Waals surface area contributed by atoms with Crippen molar-refractivity contribution in [3.8, 4) is 0 Å². The number of anilines is 2. The molecule has 6 amide bonds. The molecule has 1 saturated carbocycles. The summed E-state index contributed by atoms with van der Waals surface area (Å²) in [5.41, 5.74) is 2.47. The summed E-state index contributed by atoms with van der Waals surface area (Å²) in [4.78, 5) is 80.8. The van der Waals surface area contributed by atoms with Crippen LogP contribution in [0.5, 0.6) is 0 Å². The average molecular weight is 998 g/mol. The van der Waals surface area contributed by atoms with E-state index in [0.29, 0.717) is 98.4 Å². The topological polar surface area (TPSA) is 193 Å². The van der Waals surface area contributed by atoms with Crippen LogP contribution in [0.3, 0.4) is 0 Å². The molecule has 4 aromatic rings. The van der Waals surface area contributed by atoms with Crippen LogP contribution < -0.4 is 26.6 Å². The first kappa shape index (κ1) is 49.2. The van der Waals surface area contributed by atoms with Gasteiger partial charge in [-0.25, -0.2) is 4.39 Å². The number of hydrogen-bond acceptors (Lipinski definition) is 10. The first-order chi connectivity index (χ1) is 33.9. The predicted molar refractivity (Wildman–Crippen MR) is 259 cm³/mol.